The van der Waals surface area contributed by atoms with E-state index in [1.165, 1.54) is 0 Å². The van der Waals surface area contributed by atoms with Crippen LogP contribution in [0.5, 0.6) is 5.75 Å². The van der Waals surface area contributed by atoms with E-state index in [-0.39, 0.29) is 13.2 Å². The summed E-state index contributed by atoms with van der Waals surface area (Å²) in [7, 11) is 3.39. The Morgan fingerprint density at radius 3 is 2.81 bits per heavy atom. The first-order valence-electron chi connectivity index (χ1n) is 6.94. The first-order chi connectivity index (χ1) is 10.1. The maximum Gasteiger partial charge on any atom is 0.317 e. The van der Waals surface area contributed by atoms with E-state index in [0.717, 1.165) is 29.8 Å². The molecule has 3 N–H and O–H groups in total. The van der Waals surface area contributed by atoms with Crippen molar-refractivity contribution in [2.24, 2.45) is 0 Å². The van der Waals surface area contributed by atoms with Crippen molar-refractivity contribution in [2.45, 2.75) is 19.5 Å². The number of rotatable bonds is 10. The smallest absolute Gasteiger partial charge is 0.317 e. The number of aliphatic hydroxyl groups excluding tert-OH is 1. The zero-order chi connectivity index (χ0) is 15.7. The second kappa shape index (κ2) is 9.33. The lowest BCUT2D eigenvalue weighted by Gasteiger charge is -2.16. The average Bonchev–Trinajstić information content (AvgIpc) is 2.43. The van der Waals surface area contributed by atoms with E-state index < -0.39 is 5.97 Å². The highest BCUT2D eigenvalue weighted by Crippen LogP contribution is 2.21. The molecule has 118 valence electrons. The molecule has 0 aliphatic carbocycles. The zero-order valence-electron chi connectivity index (χ0n) is 12.6. The molecule has 0 bridgehead atoms. The van der Waals surface area contributed by atoms with Gasteiger partial charge in [0.2, 0.25) is 0 Å². The summed E-state index contributed by atoms with van der Waals surface area (Å²) in [5.41, 5.74) is 2.05. The van der Waals surface area contributed by atoms with Gasteiger partial charge in [0.05, 0.1) is 13.7 Å². The lowest BCUT2D eigenvalue weighted by Crippen LogP contribution is -2.25. The molecule has 0 saturated carbocycles. The molecule has 0 saturated heterocycles. The Kier molecular flexibility index (Phi) is 7.74. The van der Waals surface area contributed by atoms with E-state index in [1.54, 1.807) is 19.1 Å². The minimum atomic E-state index is -0.839. The number of likely N-dealkylation sites (N-methyl/N-ethyl adjacent to an activating group) is 1. The van der Waals surface area contributed by atoms with Crippen LogP contribution in [0.3, 0.4) is 0 Å². The lowest BCUT2D eigenvalue weighted by molar-refractivity contribution is -0.138. The van der Waals surface area contributed by atoms with Crippen LogP contribution in [0, 0.1) is 0 Å². The number of carboxylic acids is 1. The minimum Gasteiger partial charge on any atom is -0.496 e. The Morgan fingerprint density at radius 2 is 2.19 bits per heavy atom. The van der Waals surface area contributed by atoms with Gasteiger partial charge in [-0.15, -0.1) is 0 Å². The molecule has 0 radical (unpaired) electrons. The number of methoxy groups -OCH3 is 1. The van der Waals surface area contributed by atoms with Gasteiger partial charge < -0.3 is 20.3 Å². The second-order valence-corrected chi connectivity index (χ2v) is 4.97. The quantitative estimate of drug-likeness (QED) is 0.551. The van der Waals surface area contributed by atoms with E-state index in [2.05, 4.69) is 5.32 Å². The fourth-order valence-corrected chi connectivity index (χ4v) is 2.06. The van der Waals surface area contributed by atoms with Crippen LogP contribution in [0.1, 0.15) is 17.5 Å². The van der Waals surface area contributed by atoms with Gasteiger partial charge in [-0.1, -0.05) is 12.1 Å². The van der Waals surface area contributed by atoms with E-state index in [0.29, 0.717) is 13.1 Å². The summed E-state index contributed by atoms with van der Waals surface area (Å²) in [6.07, 6.45) is 0.723. The third kappa shape index (κ3) is 6.57. The van der Waals surface area contributed by atoms with Gasteiger partial charge in [0.15, 0.2) is 0 Å². The number of hydrogen-bond acceptors (Lipinski definition) is 5. The minimum absolute atomic E-state index is 0.00673. The fourth-order valence-electron chi connectivity index (χ4n) is 2.06. The van der Waals surface area contributed by atoms with Crippen LogP contribution in [0.15, 0.2) is 18.2 Å². The van der Waals surface area contributed by atoms with Crippen molar-refractivity contribution in [2.75, 3.05) is 33.9 Å². The van der Waals surface area contributed by atoms with Crippen molar-refractivity contribution in [1.82, 2.24) is 10.2 Å². The third-order valence-corrected chi connectivity index (χ3v) is 3.04. The molecule has 0 amide bonds. The molecule has 1 aromatic rings. The standard InChI is InChI=1S/C15H24N2O4/c1-17(11-15(19)20)10-12-4-5-13(14(8-12)21-2)9-16-6-3-7-18/h4-5,8,16,18H,3,6-7,9-11H2,1-2H3,(H,19,20). The summed E-state index contributed by atoms with van der Waals surface area (Å²) in [6.45, 7) is 2.17. The average molecular weight is 296 g/mol. The lowest BCUT2D eigenvalue weighted by atomic mass is 10.1. The third-order valence-electron chi connectivity index (χ3n) is 3.04. The summed E-state index contributed by atoms with van der Waals surface area (Å²) < 4.78 is 5.38. The SMILES string of the molecule is COc1cc(CN(C)CC(=O)O)ccc1CNCCCO. The van der Waals surface area contributed by atoms with Gasteiger partial charge in [0, 0.05) is 25.3 Å². The molecule has 6 heteroatoms. The number of carboxylic acid groups (broad SMARTS) is 1. The van der Waals surface area contributed by atoms with Crippen LogP contribution < -0.4 is 10.1 Å². The Balaban J connectivity index is 2.62. The summed E-state index contributed by atoms with van der Waals surface area (Å²) in [4.78, 5) is 12.4. The number of aliphatic carboxylic acids is 1. The predicted molar refractivity (Wildman–Crippen MR) is 80.4 cm³/mol. The van der Waals surface area contributed by atoms with Gasteiger partial charge in [-0.3, -0.25) is 9.69 Å². The van der Waals surface area contributed by atoms with Crippen molar-refractivity contribution < 1.29 is 19.7 Å². The van der Waals surface area contributed by atoms with Gasteiger partial charge in [-0.2, -0.15) is 0 Å². The zero-order valence-corrected chi connectivity index (χ0v) is 12.6. The van der Waals surface area contributed by atoms with Gasteiger partial charge in [0.1, 0.15) is 5.75 Å². The van der Waals surface area contributed by atoms with Gasteiger partial charge in [-0.25, -0.2) is 0 Å². The van der Waals surface area contributed by atoms with Gasteiger partial charge >= 0.3 is 5.97 Å². The number of nitrogens with one attached hydrogen (secondary N) is 1. The van der Waals surface area contributed by atoms with Crippen LogP contribution in [0.4, 0.5) is 0 Å². The Hall–Kier alpha value is -1.63. The molecule has 0 atom stereocenters. The summed E-state index contributed by atoms with van der Waals surface area (Å²) in [5, 5.41) is 20.7. The molecule has 1 rings (SSSR count). The molecular formula is C15H24N2O4. The number of hydrogen-bond donors (Lipinski definition) is 3. The summed E-state index contributed by atoms with van der Waals surface area (Å²) in [5.74, 6) is -0.0538. The number of carbonyl (C=O) groups is 1. The molecule has 6 nitrogen and oxygen atoms in total. The molecule has 0 aliphatic rings. The number of ether oxygens (including phenoxy) is 1. The highest BCUT2D eigenvalue weighted by atomic mass is 16.5. The molecule has 0 fully saturated rings. The molecule has 0 aromatic heterocycles. The van der Waals surface area contributed by atoms with Crippen molar-refractivity contribution >= 4 is 5.97 Å². The Labute approximate surface area is 125 Å². The van der Waals surface area contributed by atoms with Crippen molar-refractivity contribution in [3.05, 3.63) is 29.3 Å². The predicted octanol–water partition coefficient (Wildman–Crippen LogP) is 0.684. The van der Waals surface area contributed by atoms with E-state index in [9.17, 15) is 4.79 Å². The largest absolute Gasteiger partial charge is 0.496 e. The van der Waals surface area contributed by atoms with Crippen LogP contribution in [-0.4, -0.2) is 54.9 Å². The summed E-state index contributed by atoms with van der Waals surface area (Å²) >= 11 is 0. The summed E-state index contributed by atoms with van der Waals surface area (Å²) in [6, 6.07) is 5.89. The van der Waals surface area contributed by atoms with Crippen LogP contribution in [-0.2, 0) is 17.9 Å². The van der Waals surface area contributed by atoms with E-state index >= 15 is 0 Å². The number of nitrogens with zero attached hydrogens (tertiary/aromatic N) is 1. The molecular weight excluding hydrogens is 272 g/mol. The first kappa shape index (κ1) is 17.4. The first-order valence-corrected chi connectivity index (χ1v) is 6.94. The number of benzene rings is 1. The van der Waals surface area contributed by atoms with Crippen molar-refractivity contribution in [3.8, 4) is 5.75 Å². The van der Waals surface area contributed by atoms with Crippen molar-refractivity contribution in [1.29, 1.82) is 0 Å². The fraction of sp³-hybridized carbons (Fsp3) is 0.533. The maximum atomic E-state index is 10.7. The second-order valence-electron chi connectivity index (χ2n) is 4.97. The van der Waals surface area contributed by atoms with Crippen molar-refractivity contribution in [3.63, 3.8) is 0 Å². The van der Waals surface area contributed by atoms with E-state index in [4.69, 9.17) is 14.9 Å². The van der Waals surface area contributed by atoms with E-state index in [1.807, 2.05) is 18.2 Å². The topological polar surface area (TPSA) is 82.0 Å². The molecule has 0 aliphatic heterocycles. The Bertz CT molecular complexity index is 451. The highest BCUT2D eigenvalue weighted by Gasteiger charge is 2.08. The maximum absolute atomic E-state index is 10.7. The Morgan fingerprint density at radius 1 is 1.43 bits per heavy atom. The van der Waals surface area contributed by atoms with Crippen LogP contribution in [0.2, 0.25) is 0 Å². The van der Waals surface area contributed by atoms with Gasteiger partial charge in [0.25, 0.3) is 0 Å². The normalized spacial score (nSPS) is 10.9. The highest BCUT2D eigenvalue weighted by molar-refractivity contribution is 5.69. The molecule has 0 unspecified atom stereocenters. The van der Waals surface area contributed by atoms with Crippen LogP contribution >= 0.6 is 0 Å². The van der Waals surface area contributed by atoms with Gasteiger partial charge in [-0.05, 0) is 31.6 Å². The molecule has 21 heavy (non-hydrogen) atoms. The monoisotopic (exact) mass is 296 g/mol. The molecule has 1 aromatic carbocycles. The van der Waals surface area contributed by atoms with Crippen LogP contribution in [0.25, 0.3) is 0 Å². The molecule has 0 heterocycles. The number of aliphatic hydroxyl groups is 1. The molecule has 0 spiro atoms.